The molecular weight excluding hydrogens is 344 g/mol. The molecular formula is C20H22N4O3. The van der Waals surface area contributed by atoms with Crippen molar-refractivity contribution < 1.29 is 4.79 Å². The van der Waals surface area contributed by atoms with Crippen molar-refractivity contribution in [3.05, 3.63) is 68.0 Å². The summed E-state index contributed by atoms with van der Waals surface area (Å²) in [6, 6.07) is 9.76. The molecule has 0 N–H and O–H groups in total. The third-order valence-corrected chi connectivity index (χ3v) is 5.19. The number of aryl methyl sites for hydroxylation is 2. The molecule has 0 fully saturated rings. The van der Waals surface area contributed by atoms with E-state index in [0.717, 1.165) is 29.4 Å². The van der Waals surface area contributed by atoms with E-state index in [2.05, 4.69) is 6.07 Å². The number of rotatable bonds is 4. The summed E-state index contributed by atoms with van der Waals surface area (Å²) in [7, 11) is 1.70. The van der Waals surface area contributed by atoms with E-state index >= 15 is 0 Å². The second kappa shape index (κ2) is 7.62. The van der Waals surface area contributed by atoms with Gasteiger partial charge in [0.15, 0.2) is 0 Å². The first kappa shape index (κ1) is 18.6. The van der Waals surface area contributed by atoms with Crippen molar-refractivity contribution in [2.45, 2.75) is 45.3 Å². The Balaban J connectivity index is 1.92. The molecule has 0 aliphatic heterocycles. The summed E-state index contributed by atoms with van der Waals surface area (Å²) in [6.07, 6.45) is 4.05. The average molecular weight is 366 g/mol. The Kier molecular flexibility index (Phi) is 5.26. The SMILES string of the molecule is CCn1cc(C#N)c(=O)n(CC(=O)N(C)C2CCCc3ccccc32)c1=O. The first-order valence-corrected chi connectivity index (χ1v) is 9.05. The van der Waals surface area contributed by atoms with Crippen molar-refractivity contribution in [3.8, 4) is 6.07 Å². The summed E-state index contributed by atoms with van der Waals surface area (Å²) >= 11 is 0. The van der Waals surface area contributed by atoms with Crippen LogP contribution in [0.4, 0.5) is 0 Å². The smallest absolute Gasteiger partial charge is 0.331 e. The second-order valence-electron chi connectivity index (χ2n) is 6.73. The van der Waals surface area contributed by atoms with Crippen LogP contribution in [0, 0.1) is 11.3 Å². The largest absolute Gasteiger partial charge is 0.337 e. The zero-order chi connectivity index (χ0) is 19.6. The Morgan fingerprint density at radius 2 is 2.07 bits per heavy atom. The molecule has 1 atom stereocenters. The van der Waals surface area contributed by atoms with E-state index in [1.54, 1.807) is 24.9 Å². The van der Waals surface area contributed by atoms with Crippen LogP contribution < -0.4 is 11.2 Å². The highest BCUT2D eigenvalue weighted by Gasteiger charge is 2.27. The molecule has 7 heteroatoms. The molecule has 0 saturated carbocycles. The minimum atomic E-state index is -0.724. The van der Waals surface area contributed by atoms with Crippen LogP contribution in [0.5, 0.6) is 0 Å². The van der Waals surface area contributed by atoms with Gasteiger partial charge in [-0.15, -0.1) is 0 Å². The normalized spacial score (nSPS) is 15.7. The molecule has 1 aromatic carbocycles. The summed E-state index contributed by atoms with van der Waals surface area (Å²) in [5.41, 5.74) is 0.897. The van der Waals surface area contributed by atoms with E-state index < -0.39 is 11.2 Å². The summed E-state index contributed by atoms with van der Waals surface area (Å²) < 4.78 is 2.12. The Morgan fingerprint density at radius 3 is 2.78 bits per heavy atom. The van der Waals surface area contributed by atoms with E-state index in [1.165, 1.54) is 16.3 Å². The van der Waals surface area contributed by atoms with Crippen molar-refractivity contribution in [3.63, 3.8) is 0 Å². The quantitative estimate of drug-likeness (QED) is 0.819. The first-order valence-electron chi connectivity index (χ1n) is 9.05. The van der Waals surface area contributed by atoms with Gasteiger partial charge in [-0.1, -0.05) is 24.3 Å². The number of nitrogens with zero attached hydrogens (tertiary/aromatic N) is 4. The summed E-state index contributed by atoms with van der Waals surface area (Å²) in [6.45, 7) is 1.68. The van der Waals surface area contributed by atoms with Crippen LogP contribution in [-0.2, 0) is 24.3 Å². The molecule has 1 aliphatic carbocycles. The van der Waals surface area contributed by atoms with Crippen LogP contribution in [0.15, 0.2) is 40.1 Å². The molecule has 1 amide bonds. The number of carbonyl (C=O) groups is 1. The van der Waals surface area contributed by atoms with Gasteiger partial charge >= 0.3 is 5.69 Å². The number of hydrogen-bond donors (Lipinski definition) is 0. The van der Waals surface area contributed by atoms with Crippen molar-refractivity contribution in [2.75, 3.05) is 7.05 Å². The predicted octanol–water partition coefficient (Wildman–Crippen LogP) is 1.44. The topological polar surface area (TPSA) is 88.1 Å². The Labute approximate surface area is 157 Å². The number of amides is 1. The minimum Gasteiger partial charge on any atom is -0.337 e. The van der Waals surface area contributed by atoms with Gasteiger partial charge in [-0.25, -0.2) is 9.36 Å². The van der Waals surface area contributed by atoms with Crippen LogP contribution in [-0.4, -0.2) is 27.0 Å². The molecule has 2 aromatic rings. The summed E-state index contributed by atoms with van der Waals surface area (Å²) in [5.74, 6) is -0.325. The van der Waals surface area contributed by atoms with Crippen molar-refractivity contribution in [1.82, 2.24) is 14.0 Å². The molecule has 0 saturated heterocycles. The summed E-state index contributed by atoms with van der Waals surface area (Å²) in [5, 5.41) is 9.14. The number of fused-ring (bicyclic) bond motifs is 1. The standard InChI is InChI=1S/C20H22N4O3/c1-3-23-12-15(11-21)19(26)24(20(23)27)13-18(25)22(2)17-10-6-8-14-7-4-5-9-16(14)17/h4-5,7,9,12,17H,3,6,8,10,13H2,1-2H3. The fraction of sp³-hybridized carbons (Fsp3) is 0.400. The van der Waals surface area contributed by atoms with Crippen LogP contribution in [0.3, 0.4) is 0 Å². The van der Waals surface area contributed by atoms with Crippen LogP contribution in [0.25, 0.3) is 0 Å². The maximum atomic E-state index is 12.9. The van der Waals surface area contributed by atoms with Gasteiger partial charge in [-0.2, -0.15) is 5.26 Å². The van der Waals surface area contributed by atoms with E-state index in [4.69, 9.17) is 5.26 Å². The van der Waals surface area contributed by atoms with Gasteiger partial charge in [-0.3, -0.25) is 14.2 Å². The molecule has 27 heavy (non-hydrogen) atoms. The number of carbonyl (C=O) groups excluding carboxylic acids is 1. The van der Waals surface area contributed by atoms with Gasteiger partial charge in [0.2, 0.25) is 5.91 Å². The molecule has 3 rings (SSSR count). The molecule has 7 nitrogen and oxygen atoms in total. The van der Waals surface area contributed by atoms with Crippen molar-refractivity contribution >= 4 is 5.91 Å². The molecule has 0 radical (unpaired) electrons. The summed E-state index contributed by atoms with van der Waals surface area (Å²) in [4.78, 5) is 39.3. The van der Waals surface area contributed by atoms with Crippen molar-refractivity contribution in [1.29, 1.82) is 5.26 Å². The van der Waals surface area contributed by atoms with Gasteiger partial charge < -0.3 is 4.90 Å². The lowest BCUT2D eigenvalue weighted by atomic mass is 9.87. The molecule has 0 spiro atoms. The van der Waals surface area contributed by atoms with Crippen LogP contribution in [0.1, 0.15) is 42.5 Å². The Morgan fingerprint density at radius 1 is 1.33 bits per heavy atom. The predicted molar refractivity (Wildman–Crippen MR) is 100 cm³/mol. The lowest BCUT2D eigenvalue weighted by Gasteiger charge is -2.33. The zero-order valence-corrected chi connectivity index (χ0v) is 15.5. The van der Waals surface area contributed by atoms with Gasteiger partial charge in [0.05, 0.1) is 6.04 Å². The molecule has 1 aromatic heterocycles. The maximum absolute atomic E-state index is 12.9. The second-order valence-corrected chi connectivity index (χ2v) is 6.73. The number of likely N-dealkylation sites (N-methyl/N-ethyl adjacent to an activating group) is 1. The first-order chi connectivity index (χ1) is 13.0. The number of benzene rings is 1. The van der Waals surface area contributed by atoms with Gasteiger partial charge in [0.25, 0.3) is 5.56 Å². The lowest BCUT2D eigenvalue weighted by molar-refractivity contribution is -0.133. The highest BCUT2D eigenvalue weighted by atomic mass is 16.2. The van der Waals surface area contributed by atoms with Crippen LogP contribution >= 0.6 is 0 Å². The number of aromatic nitrogens is 2. The van der Waals surface area contributed by atoms with Crippen molar-refractivity contribution in [2.24, 2.45) is 0 Å². The lowest BCUT2D eigenvalue weighted by Crippen LogP contribution is -2.45. The highest BCUT2D eigenvalue weighted by Crippen LogP contribution is 2.33. The third kappa shape index (κ3) is 3.43. The minimum absolute atomic E-state index is 0.0781. The van der Waals surface area contributed by atoms with E-state index in [9.17, 15) is 14.4 Å². The molecule has 1 aliphatic rings. The molecule has 1 unspecified atom stereocenters. The highest BCUT2D eigenvalue weighted by molar-refractivity contribution is 5.76. The van der Waals surface area contributed by atoms with Gasteiger partial charge in [-0.05, 0) is 37.3 Å². The number of nitriles is 1. The monoisotopic (exact) mass is 366 g/mol. The molecule has 1 heterocycles. The Hall–Kier alpha value is -3.14. The number of hydrogen-bond acceptors (Lipinski definition) is 4. The molecule has 140 valence electrons. The van der Waals surface area contributed by atoms with E-state index in [1.807, 2.05) is 18.2 Å². The van der Waals surface area contributed by atoms with Gasteiger partial charge in [0, 0.05) is 19.8 Å². The van der Waals surface area contributed by atoms with Gasteiger partial charge in [0.1, 0.15) is 18.2 Å². The molecule has 0 bridgehead atoms. The van der Waals surface area contributed by atoms with Crippen LogP contribution in [0.2, 0.25) is 0 Å². The van der Waals surface area contributed by atoms with E-state index in [0.29, 0.717) is 6.54 Å². The average Bonchev–Trinajstić information content (AvgIpc) is 2.70. The third-order valence-electron chi connectivity index (χ3n) is 5.19. The maximum Gasteiger partial charge on any atom is 0.331 e. The van der Waals surface area contributed by atoms with E-state index in [-0.39, 0.29) is 24.1 Å². The Bertz CT molecular complexity index is 1030. The fourth-order valence-electron chi connectivity index (χ4n) is 3.65. The zero-order valence-electron chi connectivity index (χ0n) is 15.5. The fourth-order valence-corrected chi connectivity index (χ4v) is 3.65.